The fraction of sp³-hybridized carbons (Fsp3) is 0.852. The molecule has 2 N–H and O–H groups in total. The molecule has 0 radical (unpaired) electrons. The fourth-order valence-electron chi connectivity index (χ4n) is 5.41. The smallest absolute Gasteiger partial charge is 0.245 e. The second-order valence-electron chi connectivity index (χ2n) is 12.4. The van der Waals surface area contributed by atoms with Gasteiger partial charge in [0.2, 0.25) is 17.7 Å². The highest BCUT2D eigenvalue weighted by molar-refractivity contribution is 5.90. The van der Waals surface area contributed by atoms with Crippen molar-refractivity contribution in [3.63, 3.8) is 0 Å². The summed E-state index contributed by atoms with van der Waals surface area (Å²) in [5, 5.41) is 12.9. The highest BCUT2D eigenvalue weighted by atomic mass is 16.3. The van der Waals surface area contributed by atoms with Gasteiger partial charge < -0.3 is 25.0 Å². The standard InChI is InChI=1S/C27H49N5O5/c1-18(2)22(15-29(6)16-23(35)32-14-20(34)13-19(32)17-33)31(8)26(37)24(27(3,4)5)28-25(36)21-11-9-10-12-30(21)7/h17-22,24,34H,9-16H2,1-8H3,(H,28,36)/t19?,20?,21?,22-,24?/m1/s1. The van der Waals surface area contributed by atoms with Gasteiger partial charge in [0.25, 0.3) is 0 Å². The molecule has 3 amide bonds. The molecule has 10 heteroatoms. The maximum atomic E-state index is 13.8. The van der Waals surface area contributed by atoms with Crippen LogP contribution in [0.1, 0.15) is 60.3 Å². The molecule has 0 aliphatic carbocycles. The second kappa shape index (κ2) is 13.2. The van der Waals surface area contributed by atoms with Crippen LogP contribution in [0.2, 0.25) is 0 Å². The number of amides is 3. The minimum Gasteiger partial charge on any atom is -0.391 e. The van der Waals surface area contributed by atoms with E-state index < -0.39 is 23.6 Å². The van der Waals surface area contributed by atoms with E-state index in [2.05, 4.69) is 10.2 Å². The highest BCUT2D eigenvalue weighted by Gasteiger charge is 2.40. The van der Waals surface area contributed by atoms with E-state index in [9.17, 15) is 24.3 Å². The zero-order valence-corrected chi connectivity index (χ0v) is 24.1. The monoisotopic (exact) mass is 523 g/mol. The zero-order valence-electron chi connectivity index (χ0n) is 24.1. The molecule has 0 aromatic carbocycles. The van der Waals surface area contributed by atoms with Gasteiger partial charge in [-0.05, 0) is 44.8 Å². The first-order chi connectivity index (χ1) is 17.2. The number of β-amino-alcohol motifs (C(OH)–C–C–N with tert-alkyl or cyclic N) is 1. The van der Waals surface area contributed by atoms with E-state index in [4.69, 9.17) is 0 Å². The van der Waals surface area contributed by atoms with E-state index in [-0.39, 0.29) is 55.2 Å². The minimum atomic E-state index is -0.687. The Kier molecular flexibility index (Phi) is 11.1. The number of carbonyl (C=O) groups excluding carboxylic acids is 4. The number of rotatable bonds is 10. The summed E-state index contributed by atoms with van der Waals surface area (Å²) in [5.74, 6) is -0.376. The Morgan fingerprint density at radius 2 is 1.81 bits per heavy atom. The molecule has 2 heterocycles. The number of nitrogens with one attached hydrogen (secondary N) is 1. The molecule has 212 valence electrons. The van der Waals surface area contributed by atoms with E-state index in [0.29, 0.717) is 12.8 Å². The van der Waals surface area contributed by atoms with Gasteiger partial charge in [0, 0.05) is 32.6 Å². The van der Waals surface area contributed by atoms with Crippen LogP contribution in [-0.4, -0.2) is 126 Å². The third kappa shape index (κ3) is 8.22. The Hall–Kier alpha value is -2.04. The number of aliphatic hydroxyl groups is 1. The normalized spacial score (nSPS) is 24.7. The summed E-state index contributed by atoms with van der Waals surface area (Å²) in [6.07, 6.45) is 3.15. The highest BCUT2D eigenvalue weighted by Crippen LogP contribution is 2.25. The molecule has 2 aliphatic rings. The largest absolute Gasteiger partial charge is 0.391 e. The molecular formula is C27H49N5O5. The summed E-state index contributed by atoms with van der Waals surface area (Å²) in [5.41, 5.74) is -0.488. The average molecular weight is 524 g/mol. The number of hydrogen-bond acceptors (Lipinski definition) is 7. The van der Waals surface area contributed by atoms with Crippen molar-refractivity contribution < 1.29 is 24.3 Å². The van der Waals surface area contributed by atoms with Gasteiger partial charge >= 0.3 is 0 Å². The molecule has 0 spiro atoms. The predicted molar refractivity (Wildman–Crippen MR) is 143 cm³/mol. The average Bonchev–Trinajstić information content (AvgIpc) is 3.20. The lowest BCUT2D eigenvalue weighted by atomic mass is 9.84. The van der Waals surface area contributed by atoms with E-state index in [1.54, 1.807) is 11.9 Å². The Morgan fingerprint density at radius 3 is 2.35 bits per heavy atom. The number of aldehydes is 1. The molecule has 0 saturated carbocycles. The molecule has 4 unspecified atom stereocenters. The molecule has 5 atom stereocenters. The van der Waals surface area contributed by atoms with Crippen LogP contribution in [0.15, 0.2) is 0 Å². The van der Waals surface area contributed by atoms with Crippen molar-refractivity contribution in [2.75, 3.05) is 47.3 Å². The van der Waals surface area contributed by atoms with Crippen LogP contribution >= 0.6 is 0 Å². The molecule has 0 aromatic heterocycles. The molecule has 2 rings (SSSR count). The van der Waals surface area contributed by atoms with Gasteiger partial charge in [0.1, 0.15) is 12.3 Å². The van der Waals surface area contributed by atoms with Gasteiger partial charge in [0.05, 0.1) is 24.7 Å². The summed E-state index contributed by atoms with van der Waals surface area (Å²) in [6, 6.07) is -1.71. The van der Waals surface area contributed by atoms with Gasteiger partial charge in [-0.3, -0.25) is 24.2 Å². The Balaban J connectivity index is 2.10. The maximum absolute atomic E-state index is 13.8. The Morgan fingerprint density at radius 1 is 1.16 bits per heavy atom. The van der Waals surface area contributed by atoms with Crippen molar-refractivity contribution in [3.8, 4) is 0 Å². The van der Waals surface area contributed by atoms with E-state index >= 15 is 0 Å². The first kappa shape index (κ1) is 31.2. The lowest BCUT2D eigenvalue weighted by Crippen LogP contribution is -2.60. The first-order valence-electron chi connectivity index (χ1n) is 13.6. The van der Waals surface area contributed by atoms with Crippen molar-refractivity contribution in [2.24, 2.45) is 11.3 Å². The van der Waals surface area contributed by atoms with Crippen LogP contribution in [0.4, 0.5) is 0 Å². The number of nitrogens with zero attached hydrogens (tertiary/aromatic N) is 4. The van der Waals surface area contributed by atoms with E-state index in [1.807, 2.05) is 53.6 Å². The first-order valence-corrected chi connectivity index (χ1v) is 13.6. The number of likely N-dealkylation sites (tertiary alicyclic amines) is 2. The molecule has 2 aliphatic heterocycles. The van der Waals surface area contributed by atoms with Crippen LogP contribution in [-0.2, 0) is 19.2 Å². The van der Waals surface area contributed by atoms with Gasteiger partial charge in [-0.15, -0.1) is 0 Å². The van der Waals surface area contributed by atoms with Crippen molar-refractivity contribution in [3.05, 3.63) is 0 Å². The third-order valence-electron chi connectivity index (χ3n) is 7.79. The molecule has 37 heavy (non-hydrogen) atoms. The molecule has 2 saturated heterocycles. The molecule has 0 bridgehead atoms. The number of carbonyl (C=O) groups is 4. The Bertz CT molecular complexity index is 813. The minimum absolute atomic E-state index is 0.0791. The third-order valence-corrected chi connectivity index (χ3v) is 7.79. The lowest BCUT2D eigenvalue weighted by molar-refractivity contribution is -0.142. The Labute approximate surface area is 222 Å². The summed E-state index contributed by atoms with van der Waals surface area (Å²) in [7, 11) is 5.53. The summed E-state index contributed by atoms with van der Waals surface area (Å²) in [4.78, 5) is 58.2. The topological polar surface area (TPSA) is 113 Å². The molecular weight excluding hydrogens is 474 g/mol. The molecule has 0 aromatic rings. The molecule has 2 fully saturated rings. The van der Waals surface area contributed by atoms with Crippen molar-refractivity contribution >= 4 is 24.0 Å². The SMILES string of the molecule is CC(C)[C@@H](CN(C)CC(=O)N1CC(O)CC1C=O)N(C)C(=O)C(NC(=O)C1CCCCN1C)C(C)(C)C. The summed E-state index contributed by atoms with van der Waals surface area (Å²) < 4.78 is 0. The van der Waals surface area contributed by atoms with Crippen LogP contribution in [0.5, 0.6) is 0 Å². The number of aliphatic hydroxyl groups excluding tert-OH is 1. The maximum Gasteiger partial charge on any atom is 0.245 e. The van der Waals surface area contributed by atoms with Crippen molar-refractivity contribution in [2.45, 2.75) is 90.6 Å². The van der Waals surface area contributed by atoms with Gasteiger partial charge in [-0.1, -0.05) is 41.0 Å². The lowest BCUT2D eigenvalue weighted by Gasteiger charge is -2.40. The van der Waals surface area contributed by atoms with Crippen molar-refractivity contribution in [1.29, 1.82) is 0 Å². The number of piperidine rings is 1. The summed E-state index contributed by atoms with van der Waals surface area (Å²) >= 11 is 0. The zero-order chi connectivity index (χ0) is 28.1. The predicted octanol–water partition coefficient (Wildman–Crippen LogP) is 0.577. The van der Waals surface area contributed by atoms with Crippen LogP contribution in [0.25, 0.3) is 0 Å². The second-order valence-corrected chi connectivity index (χ2v) is 12.4. The fourth-order valence-corrected chi connectivity index (χ4v) is 5.41. The van der Waals surface area contributed by atoms with E-state index in [1.165, 1.54) is 4.90 Å². The van der Waals surface area contributed by atoms with E-state index in [0.717, 1.165) is 25.8 Å². The quantitative estimate of drug-likeness (QED) is 0.403. The van der Waals surface area contributed by atoms with Gasteiger partial charge in [0.15, 0.2) is 0 Å². The van der Waals surface area contributed by atoms with Crippen molar-refractivity contribution in [1.82, 2.24) is 24.9 Å². The number of hydrogen-bond donors (Lipinski definition) is 2. The van der Waals surface area contributed by atoms with Gasteiger partial charge in [-0.2, -0.15) is 0 Å². The van der Waals surface area contributed by atoms with Crippen LogP contribution < -0.4 is 5.32 Å². The van der Waals surface area contributed by atoms with Crippen LogP contribution in [0, 0.1) is 11.3 Å². The number of likely N-dealkylation sites (N-methyl/N-ethyl adjacent to an activating group) is 3. The van der Waals surface area contributed by atoms with Crippen LogP contribution in [0.3, 0.4) is 0 Å². The summed E-state index contributed by atoms with van der Waals surface area (Å²) in [6.45, 7) is 11.5. The van der Waals surface area contributed by atoms with Gasteiger partial charge in [-0.25, -0.2) is 0 Å². The molecule has 10 nitrogen and oxygen atoms in total.